The van der Waals surface area contributed by atoms with Gasteiger partial charge in [0.15, 0.2) is 5.82 Å². The molecule has 4 rings (SSSR count). The van der Waals surface area contributed by atoms with Crippen molar-refractivity contribution in [3.8, 4) is 17.1 Å². The summed E-state index contributed by atoms with van der Waals surface area (Å²) in [7, 11) is 1.51. The Bertz CT molecular complexity index is 1210. The molecule has 0 atom stereocenters. The molecule has 4 aromatic rings. The number of pyridine rings is 1. The minimum absolute atomic E-state index is 0.274. The zero-order chi connectivity index (χ0) is 20.5. The number of imidazole rings is 1. The molecule has 0 saturated heterocycles. The molecule has 1 aromatic carbocycles. The van der Waals surface area contributed by atoms with Crippen molar-refractivity contribution in [3.63, 3.8) is 0 Å². The smallest absolute Gasteiger partial charge is 0.228 e. The van der Waals surface area contributed by atoms with Gasteiger partial charge in [0.1, 0.15) is 22.9 Å². The van der Waals surface area contributed by atoms with E-state index in [1.54, 1.807) is 41.1 Å². The summed E-state index contributed by atoms with van der Waals surface area (Å²) in [4.78, 5) is 13.3. The van der Waals surface area contributed by atoms with Crippen LogP contribution in [0.2, 0.25) is 5.02 Å². The molecule has 0 radical (unpaired) electrons. The van der Waals surface area contributed by atoms with Crippen LogP contribution in [0.1, 0.15) is 5.82 Å². The molecule has 7 nitrogen and oxygen atoms in total. The molecule has 3 N–H and O–H groups in total. The summed E-state index contributed by atoms with van der Waals surface area (Å²) in [6, 6.07) is 6.71. The second-order valence-corrected chi connectivity index (χ2v) is 7.36. The molecule has 0 saturated carbocycles. The first-order chi connectivity index (χ1) is 14.0. The molecule has 0 aliphatic heterocycles. The SMILES string of the molecule is COc1ncc(Cl)cc1SNc1cccc(-c2nc(C)n3ccnc(N)c23)c1F. The summed E-state index contributed by atoms with van der Waals surface area (Å²) in [5.74, 6) is 0.895. The molecule has 0 fully saturated rings. The first kappa shape index (κ1) is 19.3. The predicted octanol–water partition coefficient (Wildman–Crippen LogP) is 4.60. The Labute approximate surface area is 175 Å². The third kappa shape index (κ3) is 3.54. The third-order valence-electron chi connectivity index (χ3n) is 4.26. The van der Waals surface area contributed by atoms with Gasteiger partial charge in [0.2, 0.25) is 5.88 Å². The minimum Gasteiger partial charge on any atom is -0.480 e. The Morgan fingerprint density at radius 1 is 1.31 bits per heavy atom. The normalized spacial score (nSPS) is 11.0. The van der Waals surface area contributed by atoms with Crippen molar-refractivity contribution in [3.05, 3.63) is 59.5 Å². The van der Waals surface area contributed by atoms with Crippen molar-refractivity contribution in [1.29, 1.82) is 0 Å². The molecule has 0 spiro atoms. The first-order valence-corrected chi connectivity index (χ1v) is 9.69. The summed E-state index contributed by atoms with van der Waals surface area (Å²) < 4.78 is 25.3. The van der Waals surface area contributed by atoms with Crippen molar-refractivity contribution in [2.75, 3.05) is 17.6 Å². The maximum atomic E-state index is 15.3. The number of nitrogens with zero attached hydrogens (tertiary/aromatic N) is 4. The Morgan fingerprint density at radius 3 is 2.93 bits per heavy atom. The lowest BCUT2D eigenvalue weighted by Crippen LogP contribution is -1.98. The Hall–Kier alpha value is -3.04. The van der Waals surface area contributed by atoms with E-state index in [2.05, 4.69) is 19.7 Å². The maximum Gasteiger partial charge on any atom is 0.228 e. The second-order valence-electron chi connectivity index (χ2n) is 6.07. The van der Waals surface area contributed by atoms with Crippen molar-refractivity contribution >= 4 is 40.6 Å². The number of nitrogen functional groups attached to an aromatic ring is 1. The van der Waals surface area contributed by atoms with E-state index in [0.29, 0.717) is 38.4 Å². The number of rotatable bonds is 5. The molecule has 0 amide bonds. The van der Waals surface area contributed by atoms with Gasteiger partial charge in [-0.3, -0.25) is 4.40 Å². The molecule has 29 heavy (non-hydrogen) atoms. The minimum atomic E-state index is -0.461. The largest absolute Gasteiger partial charge is 0.480 e. The van der Waals surface area contributed by atoms with Crippen molar-refractivity contribution < 1.29 is 9.13 Å². The van der Waals surface area contributed by atoms with Gasteiger partial charge in [-0.05, 0) is 37.1 Å². The molecule has 0 aliphatic rings. The molecule has 148 valence electrons. The van der Waals surface area contributed by atoms with Gasteiger partial charge in [0.05, 0.1) is 22.7 Å². The number of methoxy groups -OCH3 is 1. The van der Waals surface area contributed by atoms with Crippen molar-refractivity contribution in [1.82, 2.24) is 19.4 Å². The quantitative estimate of drug-likeness (QED) is 0.447. The second kappa shape index (κ2) is 7.76. The Kier molecular flexibility index (Phi) is 5.16. The molecule has 3 aromatic heterocycles. The fourth-order valence-corrected chi connectivity index (χ4v) is 3.95. The van der Waals surface area contributed by atoms with Crippen molar-refractivity contribution in [2.24, 2.45) is 0 Å². The van der Waals surface area contributed by atoms with E-state index in [9.17, 15) is 0 Å². The number of nitrogens with one attached hydrogen (secondary N) is 1. The number of anilines is 2. The number of hydrogen-bond donors (Lipinski definition) is 2. The van der Waals surface area contributed by atoms with E-state index >= 15 is 4.39 Å². The third-order valence-corrected chi connectivity index (χ3v) is 5.30. The van der Waals surface area contributed by atoms with Crippen LogP contribution in [0.3, 0.4) is 0 Å². The highest BCUT2D eigenvalue weighted by atomic mass is 35.5. The van der Waals surface area contributed by atoms with Gasteiger partial charge in [-0.2, -0.15) is 0 Å². The van der Waals surface area contributed by atoms with Gasteiger partial charge in [-0.15, -0.1) is 0 Å². The fraction of sp³-hybridized carbons (Fsp3) is 0.105. The van der Waals surface area contributed by atoms with Crippen LogP contribution >= 0.6 is 23.5 Å². The highest BCUT2D eigenvalue weighted by Gasteiger charge is 2.19. The monoisotopic (exact) mass is 430 g/mol. The molecule has 0 unspecified atom stereocenters. The summed E-state index contributed by atoms with van der Waals surface area (Å²) in [6.07, 6.45) is 4.81. The molecule has 10 heteroatoms. The standard InChI is InChI=1S/C19H16ClFN6OS/c1-10-25-16(17-18(22)23-6-7-27(10)17)12-4-3-5-13(15(12)21)26-29-14-8-11(20)9-24-19(14)28-2/h3-9,26H,1-2H3,(H2,22,23). The number of fused-ring (bicyclic) bond motifs is 1. The number of halogens is 2. The lowest BCUT2D eigenvalue weighted by atomic mass is 10.1. The molecular formula is C19H16ClFN6OS. The Morgan fingerprint density at radius 2 is 2.14 bits per heavy atom. The van der Waals surface area contributed by atoms with Gasteiger partial charge in [0, 0.05) is 24.2 Å². The summed E-state index contributed by atoms with van der Waals surface area (Å²) in [5, 5.41) is 0.451. The topological polar surface area (TPSA) is 90.4 Å². The van der Waals surface area contributed by atoms with Crippen molar-refractivity contribution in [2.45, 2.75) is 11.8 Å². The Balaban J connectivity index is 1.72. The van der Waals surface area contributed by atoms with Crippen LogP contribution in [-0.2, 0) is 0 Å². The van der Waals surface area contributed by atoms with Gasteiger partial charge in [-0.1, -0.05) is 17.7 Å². The van der Waals surface area contributed by atoms with E-state index in [-0.39, 0.29) is 11.5 Å². The number of aryl methyl sites for hydroxylation is 1. The lowest BCUT2D eigenvalue weighted by Gasteiger charge is -2.11. The first-order valence-electron chi connectivity index (χ1n) is 8.50. The van der Waals surface area contributed by atoms with Crippen LogP contribution in [-0.4, -0.2) is 26.5 Å². The summed E-state index contributed by atoms with van der Waals surface area (Å²) >= 11 is 7.15. The van der Waals surface area contributed by atoms with Crippen LogP contribution in [0.15, 0.2) is 47.8 Å². The zero-order valence-corrected chi connectivity index (χ0v) is 17.1. The number of nitrogens with two attached hydrogens (primary N) is 1. The van der Waals surface area contributed by atoms with E-state index in [1.807, 2.05) is 6.92 Å². The lowest BCUT2D eigenvalue weighted by molar-refractivity contribution is 0.387. The summed E-state index contributed by atoms with van der Waals surface area (Å²) in [5.41, 5.74) is 7.62. The van der Waals surface area contributed by atoms with Gasteiger partial charge in [-0.25, -0.2) is 19.3 Å². The fourth-order valence-electron chi connectivity index (χ4n) is 2.94. The van der Waals surface area contributed by atoms with Crippen LogP contribution < -0.4 is 15.2 Å². The van der Waals surface area contributed by atoms with E-state index < -0.39 is 5.82 Å². The number of benzene rings is 1. The zero-order valence-electron chi connectivity index (χ0n) is 15.5. The van der Waals surface area contributed by atoms with E-state index in [1.165, 1.54) is 13.3 Å². The number of ether oxygens (including phenoxy) is 1. The number of aromatic nitrogens is 4. The van der Waals surface area contributed by atoms with Crippen LogP contribution in [0.4, 0.5) is 15.9 Å². The van der Waals surface area contributed by atoms with Gasteiger partial charge >= 0.3 is 0 Å². The van der Waals surface area contributed by atoms with E-state index in [0.717, 1.165) is 11.9 Å². The van der Waals surface area contributed by atoms with E-state index in [4.69, 9.17) is 22.1 Å². The van der Waals surface area contributed by atoms with Gasteiger partial charge in [0.25, 0.3) is 0 Å². The molecule has 3 heterocycles. The average Bonchev–Trinajstić information content (AvgIpc) is 3.05. The predicted molar refractivity (Wildman–Crippen MR) is 113 cm³/mol. The molecule has 0 bridgehead atoms. The number of hydrogen-bond acceptors (Lipinski definition) is 7. The van der Waals surface area contributed by atoms with Crippen LogP contribution in [0.5, 0.6) is 5.88 Å². The average molecular weight is 431 g/mol. The highest BCUT2D eigenvalue weighted by Crippen LogP contribution is 2.35. The van der Waals surface area contributed by atoms with Gasteiger partial charge < -0.3 is 15.2 Å². The molecular weight excluding hydrogens is 415 g/mol. The van der Waals surface area contributed by atoms with Crippen LogP contribution in [0.25, 0.3) is 16.8 Å². The highest BCUT2D eigenvalue weighted by molar-refractivity contribution is 8.00. The maximum absolute atomic E-state index is 15.3. The van der Waals surface area contributed by atoms with Crippen LogP contribution in [0, 0.1) is 12.7 Å². The summed E-state index contributed by atoms with van der Waals surface area (Å²) in [6.45, 7) is 1.82. The molecule has 0 aliphatic carbocycles.